The summed E-state index contributed by atoms with van der Waals surface area (Å²) in [5.74, 6) is -0.259. The van der Waals surface area contributed by atoms with Crippen LogP contribution in [0.3, 0.4) is 0 Å². The average molecular weight is 251 g/mol. The number of nitrogens with zero attached hydrogens (tertiary/aromatic N) is 1. The Labute approximate surface area is 105 Å². The van der Waals surface area contributed by atoms with Crippen molar-refractivity contribution >= 4 is 11.6 Å². The lowest BCUT2D eigenvalue weighted by Crippen LogP contribution is -2.33. The van der Waals surface area contributed by atoms with E-state index in [2.05, 4.69) is 11.9 Å². The fraction of sp³-hybridized carbons (Fsp3) is 0.333. The van der Waals surface area contributed by atoms with E-state index >= 15 is 0 Å². The zero-order valence-corrected chi connectivity index (χ0v) is 10.1. The molecule has 0 saturated carbocycles. The van der Waals surface area contributed by atoms with E-state index in [1.165, 1.54) is 22.9 Å². The zero-order valence-electron chi connectivity index (χ0n) is 10.1. The second kappa shape index (κ2) is 7.29. The number of nitrogens with two attached hydrogens (primary N) is 1. The molecule has 0 saturated heterocycles. The number of carbonyl (C=O) groups excluding carboxylic acids is 1. The minimum Gasteiger partial charge on any atom is -0.398 e. The summed E-state index contributed by atoms with van der Waals surface area (Å²) in [6.45, 7) is 4.70. The number of anilines is 1. The summed E-state index contributed by atoms with van der Waals surface area (Å²) in [5, 5.41) is 2.64. The van der Waals surface area contributed by atoms with E-state index in [4.69, 9.17) is 10.5 Å². The first-order valence-corrected chi connectivity index (χ1v) is 5.55. The van der Waals surface area contributed by atoms with E-state index in [1.54, 1.807) is 6.08 Å². The number of nitrogen functional groups attached to an aromatic ring is 1. The van der Waals surface area contributed by atoms with Crippen LogP contribution in [-0.2, 0) is 16.1 Å². The third-order valence-electron chi connectivity index (χ3n) is 2.12. The predicted octanol–water partition coefficient (Wildman–Crippen LogP) is -0.251. The Balaban J connectivity index is 2.38. The van der Waals surface area contributed by atoms with Crippen LogP contribution in [0.4, 0.5) is 5.69 Å². The highest BCUT2D eigenvalue weighted by Gasteiger charge is 2.03. The molecule has 6 heteroatoms. The Morgan fingerprint density at radius 3 is 3.06 bits per heavy atom. The summed E-state index contributed by atoms with van der Waals surface area (Å²) >= 11 is 0. The van der Waals surface area contributed by atoms with E-state index < -0.39 is 0 Å². The van der Waals surface area contributed by atoms with E-state index in [1.807, 2.05) is 0 Å². The summed E-state index contributed by atoms with van der Waals surface area (Å²) in [6, 6.07) is 2.83. The SMILES string of the molecule is C=CCOCCNC(=O)Cn1cc(N)ccc1=O. The zero-order chi connectivity index (χ0) is 13.4. The fourth-order valence-corrected chi connectivity index (χ4v) is 1.31. The maximum atomic E-state index is 11.5. The lowest BCUT2D eigenvalue weighted by molar-refractivity contribution is -0.121. The molecule has 0 radical (unpaired) electrons. The fourth-order valence-electron chi connectivity index (χ4n) is 1.31. The lowest BCUT2D eigenvalue weighted by atomic mass is 10.4. The smallest absolute Gasteiger partial charge is 0.251 e. The molecule has 0 aliphatic rings. The largest absolute Gasteiger partial charge is 0.398 e. The summed E-state index contributed by atoms with van der Waals surface area (Å²) in [6.07, 6.45) is 3.07. The minimum atomic E-state index is -0.262. The minimum absolute atomic E-state index is 0.0503. The molecule has 0 bridgehead atoms. The first-order chi connectivity index (χ1) is 8.63. The van der Waals surface area contributed by atoms with Crippen LogP contribution >= 0.6 is 0 Å². The van der Waals surface area contributed by atoms with Gasteiger partial charge in [-0.1, -0.05) is 6.08 Å². The van der Waals surface area contributed by atoms with Crippen molar-refractivity contribution < 1.29 is 9.53 Å². The molecular weight excluding hydrogens is 234 g/mol. The highest BCUT2D eigenvalue weighted by atomic mass is 16.5. The predicted molar refractivity (Wildman–Crippen MR) is 69.1 cm³/mol. The number of carbonyl (C=O) groups is 1. The first kappa shape index (κ1) is 14.0. The number of amides is 1. The topological polar surface area (TPSA) is 86.3 Å². The first-order valence-electron chi connectivity index (χ1n) is 5.55. The van der Waals surface area contributed by atoms with Gasteiger partial charge in [-0.2, -0.15) is 0 Å². The molecule has 0 aromatic carbocycles. The van der Waals surface area contributed by atoms with Crippen molar-refractivity contribution in [2.75, 3.05) is 25.5 Å². The van der Waals surface area contributed by atoms with Crippen LogP contribution in [0, 0.1) is 0 Å². The van der Waals surface area contributed by atoms with Gasteiger partial charge < -0.3 is 20.4 Å². The van der Waals surface area contributed by atoms with E-state index in [0.717, 1.165) is 0 Å². The third kappa shape index (κ3) is 4.84. The van der Waals surface area contributed by atoms with Crippen LogP contribution in [0.25, 0.3) is 0 Å². The Morgan fingerprint density at radius 1 is 1.56 bits per heavy atom. The number of hydrogen-bond donors (Lipinski definition) is 2. The van der Waals surface area contributed by atoms with E-state index in [0.29, 0.717) is 25.4 Å². The van der Waals surface area contributed by atoms with Gasteiger partial charge >= 0.3 is 0 Å². The summed E-state index contributed by atoms with van der Waals surface area (Å²) in [4.78, 5) is 22.9. The number of ether oxygens (including phenoxy) is 1. The standard InChI is InChI=1S/C12H17N3O3/c1-2-6-18-7-5-14-11(16)9-15-8-10(13)3-4-12(15)17/h2-4,8H,1,5-7,9,13H2,(H,14,16). The van der Waals surface area contributed by atoms with Gasteiger partial charge in [-0.05, 0) is 6.07 Å². The monoisotopic (exact) mass is 251 g/mol. The molecule has 18 heavy (non-hydrogen) atoms. The van der Waals surface area contributed by atoms with E-state index in [9.17, 15) is 9.59 Å². The molecule has 0 fully saturated rings. The van der Waals surface area contributed by atoms with Crippen molar-refractivity contribution in [3.05, 3.63) is 41.3 Å². The molecule has 3 N–H and O–H groups in total. The number of rotatable bonds is 7. The van der Waals surface area contributed by atoms with Crippen LogP contribution in [-0.4, -0.2) is 30.2 Å². The van der Waals surface area contributed by atoms with Crippen LogP contribution in [0.2, 0.25) is 0 Å². The quantitative estimate of drug-likeness (QED) is 0.517. The highest BCUT2D eigenvalue weighted by Crippen LogP contribution is 1.95. The lowest BCUT2D eigenvalue weighted by Gasteiger charge is -2.07. The van der Waals surface area contributed by atoms with Crippen LogP contribution in [0.15, 0.2) is 35.8 Å². The van der Waals surface area contributed by atoms with Crippen LogP contribution < -0.4 is 16.6 Å². The molecule has 1 amide bonds. The molecule has 0 aliphatic carbocycles. The Kier molecular flexibility index (Phi) is 5.66. The number of pyridine rings is 1. The molecule has 0 aliphatic heterocycles. The maximum absolute atomic E-state index is 11.5. The van der Waals surface area contributed by atoms with Crippen molar-refractivity contribution in [3.63, 3.8) is 0 Å². The normalized spacial score (nSPS) is 10.0. The van der Waals surface area contributed by atoms with E-state index in [-0.39, 0.29) is 18.0 Å². The molecule has 1 aromatic heterocycles. The van der Waals surface area contributed by atoms with Gasteiger partial charge in [-0.3, -0.25) is 9.59 Å². The van der Waals surface area contributed by atoms with Gasteiger partial charge in [-0.15, -0.1) is 6.58 Å². The average Bonchev–Trinajstić information content (AvgIpc) is 2.33. The second-order valence-electron chi connectivity index (χ2n) is 3.64. The van der Waals surface area contributed by atoms with Crippen molar-refractivity contribution in [3.8, 4) is 0 Å². The van der Waals surface area contributed by atoms with Crippen molar-refractivity contribution in [2.45, 2.75) is 6.54 Å². The molecule has 6 nitrogen and oxygen atoms in total. The molecule has 0 unspecified atom stereocenters. The molecule has 1 aromatic rings. The molecule has 0 atom stereocenters. The van der Waals surface area contributed by atoms with Gasteiger partial charge in [0, 0.05) is 24.5 Å². The van der Waals surface area contributed by atoms with Gasteiger partial charge in [0.25, 0.3) is 5.56 Å². The van der Waals surface area contributed by atoms with Gasteiger partial charge in [0.15, 0.2) is 0 Å². The Morgan fingerprint density at radius 2 is 2.33 bits per heavy atom. The Bertz CT molecular complexity index is 468. The van der Waals surface area contributed by atoms with Crippen LogP contribution in [0.5, 0.6) is 0 Å². The Hall–Kier alpha value is -2.08. The number of nitrogens with one attached hydrogen (secondary N) is 1. The maximum Gasteiger partial charge on any atom is 0.251 e. The number of aromatic nitrogens is 1. The molecule has 98 valence electrons. The molecule has 0 spiro atoms. The second-order valence-corrected chi connectivity index (χ2v) is 3.64. The molecule has 1 heterocycles. The van der Waals surface area contributed by atoms with Crippen molar-refractivity contribution in [2.24, 2.45) is 0 Å². The number of hydrogen-bond acceptors (Lipinski definition) is 4. The van der Waals surface area contributed by atoms with Gasteiger partial charge in [-0.25, -0.2) is 0 Å². The van der Waals surface area contributed by atoms with Crippen molar-refractivity contribution in [1.29, 1.82) is 0 Å². The highest BCUT2D eigenvalue weighted by molar-refractivity contribution is 5.75. The molecular formula is C12H17N3O3. The van der Waals surface area contributed by atoms with Gasteiger partial charge in [0.05, 0.1) is 13.2 Å². The molecule has 1 rings (SSSR count). The summed E-state index contributed by atoms with van der Waals surface area (Å²) < 4.78 is 6.36. The summed E-state index contributed by atoms with van der Waals surface area (Å²) in [5.41, 5.74) is 5.72. The van der Waals surface area contributed by atoms with Crippen LogP contribution in [0.1, 0.15) is 0 Å². The summed E-state index contributed by atoms with van der Waals surface area (Å²) in [7, 11) is 0. The van der Waals surface area contributed by atoms with Gasteiger partial charge in [0.1, 0.15) is 6.54 Å². The van der Waals surface area contributed by atoms with Gasteiger partial charge in [0.2, 0.25) is 5.91 Å². The third-order valence-corrected chi connectivity index (χ3v) is 2.12. The van der Waals surface area contributed by atoms with Crippen molar-refractivity contribution in [1.82, 2.24) is 9.88 Å².